The summed E-state index contributed by atoms with van der Waals surface area (Å²) < 4.78 is 33.6. The molecule has 1 fully saturated rings. The third-order valence-corrected chi connectivity index (χ3v) is 6.99. The molecule has 1 amide bonds. The van der Waals surface area contributed by atoms with E-state index in [1.165, 1.54) is 18.2 Å². The van der Waals surface area contributed by atoms with Gasteiger partial charge in [-0.2, -0.15) is 0 Å². The highest BCUT2D eigenvalue weighted by atomic mass is 35.5. The van der Waals surface area contributed by atoms with Crippen molar-refractivity contribution in [1.82, 2.24) is 9.62 Å². The van der Waals surface area contributed by atoms with Crippen LogP contribution in [0.15, 0.2) is 53.4 Å². The molecule has 0 radical (unpaired) electrons. The van der Waals surface area contributed by atoms with Crippen molar-refractivity contribution in [3.63, 3.8) is 0 Å². The Bertz CT molecular complexity index is 958. The molecule has 1 saturated heterocycles. The number of rotatable bonds is 7. The van der Waals surface area contributed by atoms with Gasteiger partial charge in [0.15, 0.2) is 6.61 Å². The lowest BCUT2D eigenvalue weighted by molar-refractivity contribution is -0.133. The van der Waals surface area contributed by atoms with Gasteiger partial charge in [-0.15, -0.1) is 0 Å². The van der Waals surface area contributed by atoms with Crippen molar-refractivity contribution in [3.8, 4) is 5.75 Å². The molecule has 1 aliphatic rings. The molecule has 0 aliphatic carbocycles. The normalized spacial score (nSPS) is 16.0. The average Bonchev–Trinajstić information content (AvgIpc) is 3.02. The molecular weight excluding hydrogens is 424 g/mol. The van der Waals surface area contributed by atoms with Gasteiger partial charge in [-0.25, -0.2) is 13.1 Å². The van der Waals surface area contributed by atoms with E-state index in [9.17, 15) is 13.2 Å². The van der Waals surface area contributed by atoms with Crippen LogP contribution in [-0.4, -0.2) is 38.9 Å². The van der Waals surface area contributed by atoms with Crippen molar-refractivity contribution in [2.75, 3.05) is 19.7 Å². The van der Waals surface area contributed by atoms with E-state index in [1.807, 2.05) is 35.2 Å². The zero-order valence-electron chi connectivity index (χ0n) is 17.0. The van der Waals surface area contributed by atoms with Gasteiger partial charge in [0.1, 0.15) is 5.75 Å². The van der Waals surface area contributed by atoms with E-state index in [1.54, 1.807) is 6.92 Å². The first-order valence-electron chi connectivity index (χ1n) is 10.1. The molecule has 1 atom stereocenters. The summed E-state index contributed by atoms with van der Waals surface area (Å²) in [7, 11) is -3.76. The van der Waals surface area contributed by atoms with Crippen LogP contribution in [0.25, 0.3) is 0 Å². The van der Waals surface area contributed by atoms with Crippen molar-refractivity contribution < 1.29 is 17.9 Å². The van der Waals surface area contributed by atoms with E-state index in [0.717, 1.165) is 44.3 Å². The summed E-state index contributed by atoms with van der Waals surface area (Å²) in [6.45, 7) is 3.16. The maximum absolute atomic E-state index is 12.7. The van der Waals surface area contributed by atoms with E-state index in [0.29, 0.717) is 0 Å². The van der Waals surface area contributed by atoms with Gasteiger partial charge in [-0.1, -0.05) is 54.8 Å². The quantitative estimate of drug-likeness (QED) is 0.687. The van der Waals surface area contributed by atoms with Crippen LogP contribution in [0, 0.1) is 0 Å². The second kappa shape index (κ2) is 10.3. The molecule has 3 rings (SSSR count). The van der Waals surface area contributed by atoms with Crippen molar-refractivity contribution in [1.29, 1.82) is 0 Å². The summed E-state index contributed by atoms with van der Waals surface area (Å²) in [5, 5.41) is 0.147. The highest BCUT2D eigenvalue weighted by Gasteiger charge is 2.21. The lowest BCUT2D eigenvalue weighted by atomic mass is 10.1. The van der Waals surface area contributed by atoms with Gasteiger partial charge in [0.05, 0.1) is 9.92 Å². The Labute approximate surface area is 183 Å². The third-order valence-electron chi connectivity index (χ3n) is 5.16. The van der Waals surface area contributed by atoms with Gasteiger partial charge < -0.3 is 9.64 Å². The lowest BCUT2D eigenvalue weighted by Gasteiger charge is -2.20. The fourth-order valence-electron chi connectivity index (χ4n) is 3.43. The number of nitrogens with one attached hydrogen (secondary N) is 1. The number of benzene rings is 2. The van der Waals surface area contributed by atoms with Gasteiger partial charge in [0.2, 0.25) is 10.0 Å². The Morgan fingerprint density at radius 3 is 2.40 bits per heavy atom. The summed E-state index contributed by atoms with van der Waals surface area (Å²) in [5.74, 6) is 0.206. The lowest BCUT2D eigenvalue weighted by Crippen LogP contribution is -2.35. The first-order chi connectivity index (χ1) is 14.4. The smallest absolute Gasteiger partial charge is 0.260 e. The predicted molar refractivity (Wildman–Crippen MR) is 117 cm³/mol. The van der Waals surface area contributed by atoms with Crippen LogP contribution in [0.4, 0.5) is 0 Å². The molecule has 2 aromatic rings. The Morgan fingerprint density at radius 1 is 1.10 bits per heavy atom. The fraction of sp³-hybridized carbons (Fsp3) is 0.409. The number of hydrogen-bond acceptors (Lipinski definition) is 4. The minimum absolute atomic E-state index is 0.0430. The molecule has 0 bridgehead atoms. The van der Waals surface area contributed by atoms with Crippen LogP contribution < -0.4 is 9.46 Å². The Morgan fingerprint density at radius 2 is 1.77 bits per heavy atom. The minimum atomic E-state index is -3.76. The summed E-state index contributed by atoms with van der Waals surface area (Å²) in [6, 6.07) is 13.2. The van der Waals surface area contributed by atoms with Crippen LogP contribution in [0.3, 0.4) is 0 Å². The minimum Gasteiger partial charge on any atom is -0.482 e. The molecule has 0 aromatic heterocycles. The van der Waals surface area contributed by atoms with Crippen LogP contribution in [-0.2, 0) is 14.8 Å². The Kier molecular flexibility index (Phi) is 7.75. The standard InChI is InChI=1S/C22H27ClN2O4S/c1-17(18-9-5-4-6-10-18)24-30(27,28)19-11-12-21(20(23)15-19)29-16-22(26)25-13-7-2-3-8-14-25/h4-6,9-12,15,17,24H,2-3,7-8,13-14,16H2,1H3/t17-/m1/s1. The molecule has 0 spiro atoms. The van der Waals surface area contributed by atoms with E-state index in [2.05, 4.69) is 4.72 Å². The van der Waals surface area contributed by atoms with Crippen LogP contribution in [0.2, 0.25) is 5.02 Å². The highest BCUT2D eigenvalue weighted by Crippen LogP contribution is 2.28. The summed E-state index contributed by atoms with van der Waals surface area (Å²) >= 11 is 6.24. The van der Waals surface area contributed by atoms with E-state index in [-0.39, 0.29) is 28.2 Å². The first kappa shape index (κ1) is 22.6. The number of carbonyl (C=O) groups excluding carboxylic acids is 1. The molecule has 1 aliphatic heterocycles. The number of carbonyl (C=O) groups is 1. The first-order valence-corrected chi connectivity index (χ1v) is 12.0. The molecule has 1 heterocycles. The fourth-order valence-corrected chi connectivity index (χ4v) is 4.98. The number of ether oxygens (including phenoxy) is 1. The Balaban J connectivity index is 1.63. The van der Waals surface area contributed by atoms with E-state index >= 15 is 0 Å². The van der Waals surface area contributed by atoms with Crippen LogP contribution in [0.5, 0.6) is 5.75 Å². The maximum atomic E-state index is 12.7. The number of amides is 1. The molecule has 8 heteroatoms. The molecule has 1 N–H and O–H groups in total. The van der Waals surface area contributed by atoms with E-state index in [4.69, 9.17) is 16.3 Å². The maximum Gasteiger partial charge on any atom is 0.260 e. The molecule has 0 saturated carbocycles. The molecule has 6 nitrogen and oxygen atoms in total. The SMILES string of the molecule is C[C@@H](NS(=O)(=O)c1ccc(OCC(=O)N2CCCCCC2)c(Cl)c1)c1ccccc1. The number of nitrogens with zero attached hydrogens (tertiary/aromatic N) is 1. The largest absolute Gasteiger partial charge is 0.482 e. The second-order valence-electron chi connectivity index (χ2n) is 7.43. The number of sulfonamides is 1. The third kappa shape index (κ3) is 5.97. The van der Waals surface area contributed by atoms with Crippen LogP contribution in [0.1, 0.15) is 44.2 Å². The van der Waals surface area contributed by atoms with Crippen molar-refractivity contribution in [2.45, 2.75) is 43.5 Å². The predicted octanol–water partition coefficient (Wildman–Crippen LogP) is 4.16. The average molecular weight is 451 g/mol. The number of hydrogen-bond donors (Lipinski definition) is 1. The summed E-state index contributed by atoms with van der Waals surface area (Å²) in [4.78, 5) is 14.2. The highest BCUT2D eigenvalue weighted by molar-refractivity contribution is 7.89. The number of likely N-dealkylation sites (tertiary alicyclic amines) is 1. The molecule has 162 valence electrons. The molecular formula is C22H27ClN2O4S. The zero-order chi connectivity index (χ0) is 21.6. The summed E-state index contributed by atoms with van der Waals surface area (Å²) in [6.07, 6.45) is 4.30. The van der Waals surface area contributed by atoms with Crippen molar-refractivity contribution >= 4 is 27.5 Å². The summed E-state index contributed by atoms with van der Waals surface area (Å²) in [5.41, 5.74) is 0.860. The Hall–Kier alpha value is -2.09. The molecule has 30 heavy (non-hydrogen) atoms. The topological polar surface area (TPSA) is 75.7 Å². The van der Waals surface area contributed by atoms with Gasteiger partial charge in [0.25, 0.3) is 5.91 Å². The monoisotopic (exact) mass is 450 g/mol. The second-order valence-corrected chi connectivity index (χ2v) is 9.55. The van der Waals surface area contributed by atoms with Crippen LogP contribution >= 0.6 is 11.6 Å². The zero-order valence-corrected chi connectivity index (χ0v) is 18.6. The van der Waals surface area contributed by atoms with Gasteiger partial charge >= 0.3 is 0 Å². The van der Waals surface area contributed by atoms with Crippen molar-refractivity contribution in [3.05, 3.63) is 59.1 Å². The van der Waals surface area contributed by atoms with E-state index < -0.39 is 16.1 Å². The molecule has 0 unspecified atom stereocenters. The molecule has 2 aromatic carbocycles. The van der Waals surface area contributed by atoms with Gasteiger partial charge in [-0.05, 0) is 43.5 Å². The van der Waals surface area contributed by atoms with Gasteiger partial charge in [-0.3, -0.25) is 4.79 Å². The van der Waals surface area contributed by atoms with Crippen molar-refractivity contribution in [2.24, 2.45) is 0 Å². The van der Waals surface area contributed by atoms with Gasteiger partial charge in [0, 0.05) is 19.1 Å². The number of halogens is 1.